The fourth-order valence-corrected chi connectivity index (χ4v) is 3.80. The predicted octanol–water partition coefficient (Wildman–Crippen LogP) is 1.83. The lowest BCUT2D eigenvalue weighted by molar-refractivity contribution is -0.170. The fourth-order valence-electron chi connectivity index (χ4n) is 3.38. The molecule has 2 rings (SSSR count). The number of benzene rings is 1. The highest BCUT2D eigenvalue weighted by atomic mass is 79.9. The van der Waals surface area contributed by atoms with Gasteiger partial charge < -0.3 is 14.6 Å². The van der Waals surface area contributed by atoms with E-state index >= 15 is 0 Å². The first-order chi connectivity index (χ1) is 11.2. The second kappa shape index (κ2) is 7.03. The smallest absolute Gasteiger partial charge is 0.316 e. The molecule has 1 saturated carbocycles. The molecule has 0 heterocycles. The Labute approximate surface area is 148 Å². The maximum atomic E-state index is 12.5. The molecule has 4 atom stereocenters. The zero-order chi connectivity index (χ0) is 18.1. The standard InChI is InChI=1S/C17H19BrO6/c1-17(22)8-11(19)13(15(20)23-2)12(14(17)16(21)24-3)9-5-4-6-10(18)7-9/h4-7,12-14,22H,8H2,1-3H3/t12-,13+,14-,17+/m1/s1. The van der Waals surface area contributed by atoms with Gasteiger partial charge in [-0.15, -0.1) is 0 Å². The van der Waals surface area contributed by atoms with Crippen molar-refractivity contribution < 1.29 is 29.0 Å². The topological polar surface area (TPSA) is 89.9 Å². The van der Waals surface area contributed by atoms with E-state index in [1.807, 2.05) is 0 Å². The largest absolute Gasteiger partial charge is 0.469 e. The van der Waals surface area contributed by atoms with Crippen molar-refractivity contribution in [2.75, 3.05) is 14.2 Å². The van der Waals surface area contributed by atoms with Crippen LogP contribution in [0.5, 0.6) is 0 Å². The molecule has 1 aliphatic rings. The summed E-state index contributed by atoms with van der Waals surface area (Å²) in [6.45, 7) is 1.41. The molecule has 24 heavy (non-hydrogen) atoms. The molecule has 0 radical (unpaired) electrons. The summed E-state index contributed by atoms with van der Waals surface area (Å²) in [6.07, 6.45) is -0.322. The van der Waals surface area contributed by atoms with E-state index < -0.39 is 41.1 Å². The van der Waals surface area contributed by atoms with Crippen LogP contribution in [-0.4, -0.2) is 42.6 Å². The van der Waals surface area contributed by atoms with Crippen LogP contribution in [0.25, 0.3) is 0 Å². The van der Waals surface area contributed by atoms with Gasteiger partial charge in [0, 0.05) is 16.8 Å². The maximum absolute atomic E-state index is 12.5. The molecule has 0 saturated heterocycles. The Morgan fingerprint density at radius 2 is 1.88 bits per heavy atom. The van der Waals surface area contributed by atoms with Crippen LogP contribution in [0.4, 0.5) is 0 Å². The molecule has 1 aliphatic carbocycles. The average molecular weight is 399 g/mol. The summed E-state index contributed by atoms with van der Waals surface area (Å²) in [5.41, 5.74) is -1.05. The quantitative estimate of drug-likeness (QED) is 0.616. The molecule has 1 aromatic rings. The van der Waals surface area contributed by atoms with E-state index in [0.717, 1.165) is 4.47 Å². The Balaban J connectivity index is 2.65. The Hall–Kier alpha value is -1.73. The predicted molar refractivity (Wildman–Crippen MR) is 88.1 cm³/mol. The van der Waals surface area contributed by atoms with Crippen LogP contribution in [0.15, 0.2) is 28.7 Å². The third-order valence-electron chi connectivity index (χ3n) is 4.41. The number of Topliss-reactive ketones (excluding diaryl/α,β-unsaturated/α-hetero) is 1. The summed E-state index contributed by atoms with van der Waals surface area (Å²) >= 11 is 3.34. The van der Waals surface area contributed by atoms with E-state index in [-0.39, 0.29) is 6.42 Å². The van der Waals surface area contributed by atoms with Gasteiger partial charge in [-0.25, -0.2) is 0 Å². The average Bonchev–Trinajstić information content (AvgIpc) is 2.52. The van der Waals surface area contributed by atoms with Gasteiger partial charge in [0.1, 0.15) is 5.92 Å². The number of ether oxygens (including phenoxy) is 2. The highest BCUT2D eigenvalue weighted by Crippen LogP contribution is 2.46. The van der Waals surface area contributed by atoms with E-state index in [9.17, 15) is 19.5 Å². The summed E-state index contributed by atoms with van der Waals surface area (Å²) in [7, 11) is 2.40. The minimum Gasteiger partial charge on any atom is -0.469 e. The van der Waals surface area contributed by atoms with Crippen LogP contribution in [0.3, 0.4) is 0 Å². The normalized spacial score (nSPS) is 29.9. The van der Waals surface area contributed by atoms with Crippen LogP contribution in [-0.2, 0) is 23.9 Å². The van der Waals surface area contributed by atoms with Crippen molar-refractivity contribution in [3.8, 4) is 0 Å². The monoisotopic (exact) mass is 398 g/mol. The number of carbonyl (C=O) groups is 3. The van der Waals surface area contributed by atoms with Crippen molar-refractivity contribution in [1.82, 2.24) is 0 Å². The van der Waals surface area contributed by atoms with Crippen LogP contribution in [0, 0.1) is 11.8 Å². The van der Waals surface area contributed by atoms with Crippen molar-refractivity contribution >= 4 is 33.7 Å². The van der Waals surface area contributed by atoms with Crippen LogP contribution in [0.1, 0.15) is 24.8 Å². The van der Waals surface area contributed by atoms with E-state index in [2.05, 4.69) is 15.9 Å². The Morgan fingerprint density at radius 3 is 2.42 bits per heavy atom. The summed E-state index contributed by atoms with van der Waals surface area (Å²) in [4.78, 5) is 37.1. The number of hydrogen-bond donors (Lipinski definition) is 1. The van der Waals surface area contributed by atoms with E-state index in [0.29, 0.717) is 5.56 Å². The highest BCUT2D eigenvalue weighted by Gasteiger charge is 2.56. The van der Waals surface area contributed by atoms with Gasteiger partial charge in [-0.05, 0) is 24.6 Å². The minimum absolute atomic E-state index is 0.322. The van der Waals surface area contributed by atoms with Gasteiger partial charge in [0.25, 0.3) is 0 Å². The molecule has 1 aromatic carbocycles. The summed E-state index contributed by atoms with van der Waals surface area (Å²) < 4.78 is 10.3. The second-order valence-electron chi connectivity index (χ2n) is 6.08. The molecular formula is C17H19BrO6. The van der Waals surface area contributed by atoms with Gasteiger partial charge in [0.15, 0.2) is 5.78 Å². The molecule has 6 nitrogen and oxygen atoms in total. The molecule has 0 spiro atoms. The SMILES string of the molecule is COC(=O)[C@H]1C(=O)C[C@](C)(O)[C@@H](C(=O)OC)[C@@H]1c1cccc(Br)c1. The lowest BCUT2D eigenvalue weighted by Crippen LogP contribution is -2.55. The van der Waals surface area contributed by atoms with E-state index in [4.69, 9.17) is 9.47 Å². The summed E-state index contributed by atoms with van der Waals surface area (Å²) in [5.74, 6) is -4.98. The van der Waals surface area contributed by atoms with Gasteiger partial charge in [-0.2, -0.15) is 0 Å². The van der Waals surface area contributed by atoms with Gasteiger partial charge >= 0.3 is 11.9 Å². The summed E-state index contributed by atoms with van der Waals surface area (Å²) in [5, 5.41) is 10.7. The zero-order valence-electron chi connectivity index (χ0n) is 13.6. The summed E-state index contributed by atoms with van der Waals surface area (Å²) in [6, 6.07) is 6.93. The lowest BCUT2D eigenvalue weighted by Gasteiger charge is -2.43. The number of esters is 2. The first kappa shape index (κ1) is 18.6. The maximum Gasteiger partial charge on any atom is 0.316 e. The number of hydrogen-bond acceptors (Lipinski definition) is 6. The highest BCUT2D eigenvalue weighted by molar-refractivity contribution is 9.10. The Kier molecular flexibility index (Phi) is 5.45. The van der Waals surface area contributed by atoms with Crippen LogP contribution >= 0.6 is 15.9 Å². The van der Waals surface area contributed by atoms with E-state index in [1.54, 1.807) is 24.3 Å². The molecule has 130 valence electrons. The lowest BCUT2D eigenvalue weighted by atomic mass is 9.62. The van der Waals surface area contributed by atoms with Crippen molar-refractivity contribution in [1.29, 1.82) is 0 Å². The van der Waals surface area contributed by atoms with Crippen molar-refractivity contribution in [2.24, 2.45) is 11.8 Å². The zero-order valence-corrected chi connectivity index (χ0v) is 15.2. The van der Waals surface area contributed by atoms with Crippen molar-refractivity contribution in [3.05, 3.63) is 34.3 Å². The van der Waals surface area contributed by atoms with Gasteiger partial charge in [0.05, 0.1) is 25.7 Å². The van der Waals surface area contributed by atoms with Crippen LogP contribution in [0.2, 0.25) is 0 Å². The minimum atomic E-state index is -1.62. The molecule has 7 heteroatoms. The number of halogens is 1. The molecule has 1 fully saturated rings. The molecule has 0 amide bonds. The third-order valence-corrected chi connectivity index (χ3v) is 4.90. The molecule has 0 aliphatic heterocycles. The molecule has 1 N–H and O–H groups in total. The molecular weight excluding hydrogens is 380 g/mol. The van der Waals surface area contributed by atoms with Gasteiger partial charge in [-0.3, -0.25) is 14.4 Å². The first-order valence-electron chi connectivity index (χ1n) is 7.39. The van der Waals surface area contributed by atoms with Gasteiger partial charge in [-0.1, -0.05) is 28.1 Å². The Bertz CT molecular complexity index is 669. The third kappa shape index (κ3) is 3.37. The van der Waals surface area contributed by atoms with E-state index in [1.165, 1.54) is 21.1 Å². The van der Waals surface area contributed by atoms with Crippen LogP contribution < -0.4 is 0 Å². The Morgan fingerprint density at radius 1 is 1.25 bits per heavy atom. The fraction of sp³-hybridized carbons (Fsp3) is 0.471. The van der Waals surface area contributed by atoms with Crippen molar-refractivity contribution in [3.63, 3.8) is 0 Å². The van der Waals surface area contributed by atoms with Crippen molar-refractivity contribution in [2.45, 2.75) is 24.9 Å². The number of rotatable bonds is 3. The second-order valence-corrected chi connectivity index (χ2v) is 7.00. The van der Waals surface area contributed by atoms with Gasteiger partial charge in [0.2, 0.25) is 0 Å². The molecule has 0 unspecified atom stereocenters. The number of methoxy groups -OCH3 is 2. The number of ketones is 1. The number of carbonyl (C=O) groups excluding carboxylic acids is 3. The first-order valence-corrected chi connectivity index (χ1v) is 8.18. The molecule has 0 aromatic heterocycles. The number of aliphatic hydroxyl groups is 1. The molecule has 0 bridgehead atoms.